The number of pyridine rings is 1. The summed E-state index contributed by atoms with van der Waals surface area (Å²) in [5, 5.41) is 5.28. The summed E-state index contributed by atoms with van der Waals surface area (Å²) < 4.78 is 32.7. The van der Waals surface area contributed by atoms with Crippen molar-refractivity contribution in [2.45, 2.75) is 0 Å². The van der Waals surface area contributed by atoms with E-state index in [0.29, 0.717) is 11.4 Å². The summed E-state index contributed by atoms with van der Waals surface area (Å²) in [6, 6.07) is 13.4. The molecule has 3 aromatic rings. The predicted octanol–water partition coefficient (Wildman–Crippen LogP) is 4.36. The molecule has 0 spiro atoms. The Morgan fingerprint density at radius 2 is 1.77 bits per heavy atom. The zero-order chi connectivity index (χ0) is 18.5. The lowest BCUT2D eigenvalue weighted by Crippen LogP contribution is -2.13. The van der Waals surface area contributed by atoms with Gasteiger partial charge in [0.15, 0.2) is 0 Å². The number of anilines is 3. The molecule has 0 atom stereocenters. The Morgan fingerprint density at radius 1 is 1.04 bits per heavy atom. The lowest BCUT2D eigenvalue weighted by atomic mass is 10.2. The van der Waals surface area contributed by atoms with E-state index >= 15 is 0 Å². The van der Waals surface area contributed by atoms with Crippen LogP contribution >= 0.6 is 0 Å². The molecule has 0 fully saturated rings. The molecule has 0 saturated carbocycles. The molecule has 0 aliphatic heterocycles. The molecule has 0 aliphatic rings. The van der Waals surface area contributed by atoms with E-state index in [1.807, 2.05) is 0 Å². The SMILES string of the molecule is COc1ccccc1NC(=O)c1ccnc(Nc2c(F)cccc2F)c1. The molecule has 5 nitrogen and oxygen atoms in total. The van der Waals surface area contributed by atoms with Crippen molar-refractivity contribution in [2.75, 3.05) is 17.7 Å². The van der Waals surface area contributed by atoms with Crippen LogP contribution in [-0.4, -0.2) is 18.0 Å². The number of rotatable bonds is 5. The average molecular weight is 355 g/mol. The van der Waals surface area contributed by atoms with Crippen LogP contribution < -0.4 is 15.4 Å². The summed E-state index contributed by atoms with van der Waals surface area (Å²) in [7, 11) is 1.50. The monoisotopic (exact) mass is 355 g/mol. The molecule has 1 amide bonds. The zero-order valence-corrected chi connectivity index (χ0v) is 13.8. The van der Waals surface area contributed by atoms with Crippen LogP contribution in [0.25, 0.3) is 0 Å². The van der Waals surface area contributed by atoms with Crippen LogP contribution in [0.15, 0.2) is 60.8 Å². The van der Waals surface area contributed by atoms with Crippen LogP contribution in [-0.2, 0) is 0 Å². The molecule has 3 rings (SSSR count). The summed E-state index contributed by atoms with van der Waals surface area (Å²) in [4.78, 5) is 16.4. The largest absolute Gasteiger partial charge is 0.495 e. The smallest absolute Gasteiger partial charge is 0.255 e. The molecule has 0 bridgehead atoms. The number of methoxy groups -OCH3 is 1. The van der Waals surface area contributed by atoms with Gasteiger partial charge in [0.25, 0.3) is 5.91 Å². The molecule has 7 heteroatoms. The Hall–Kier alpha value is -3.48. The number of amides is 1. The van der Waals surface area contributed by atoms with Crippen molar-refractivity contribution in [3.05, 3.63) is 78.0 Å². The van der Waals surface area contributed by atoms with E-state index in [4.69, 9.17) is 4.74 Å². The van der Waals surface area contributed by atoms with Gasteiger partial charge < -0.3 is 15.4 Å². The molecule has 0 saturated heterocycles. The Bertz CT molecular complexity index is 927. The second kappa shape index (κ2) is 7.60. The van der Waals surface area contributed by atoms with E-state index in [9.17, 15) is 13.6 Å². The Balaban J connectivity index is 1.82. The molecule has 132 valence electrons. The van der Waals surface area contributed by atoms with E-state index in [1.54, 1.807) is 24.3 Å². The van der Waals surface area contributed by atoms with Crippen molar-refractivity contribution < 1.29 is 18.3 Å². The molecule has 26 heavy (non-hydrogen) atoms. The van der Waals surface area contributed by atoms with Crippen molar-refractivity contribution in [1.29, 1.82) is 0 Å². The Labute approximate surface area is 148 Å². The van der Waals surface area contributed by atoms with E-state index in [-0.39, 0.29) is 17.1 Å². The maximum Gasteiger partial charge on any atom is 0.255 e. The Morgan fingerprint density at radius 3 is 2.50 bits per heavy atom. The van der Waals surface area contributed by atoms with Crippen LogP contribution in [0, 0.1) is 11.6 Å². The molecule has 0 radical (unpaired) electrons. The van der Waals surface area contributed by atoms with Crippen LogP contribution in [0.5, 0.6) is 5.75 Å². The number of carbonyl (C=O) groups excluding carboxylic acids is 1. The van der Waals surface area contributed by atoms with Crippen LogP contribution in [0.1, 0.15) is 10.4 Å². The standard InChI is InChI=1S/C19H15F2N3O2/c1-26-16-8-3-2-7-15(16)23-19(25)12-9-10-22-17(11-12)24-18-13(20)5-4-6-14(18)21/h2-11H,1H3,(H,22,24)(H,23,25). The third-order valence-corrected chi connectivity index (χ3v) is 3.59. The van der Waals surface area contributed by atoms with E-state index < -0.39 is 17.5 Å². The van der Waals surface area contributed by atoms with Crippen molar-refractivity contribution >= 4 is 23.1 Å². The normalized spacial score (nSPS) is 10.3. The Kier molecular flexibility index (Phi) is 5.07. The number of benzene rings is 2. The summed E-state index contributed by atoms with van der Waals surface area (Å²) in [6.45, 7) is 0. The van der Waals surface area contributed by atoms with Gasteiger partial charge in [-0.15, -0.1) is 0 Å². The lowest BCUT2D eigenvalue weighted by Gasteiger charge is -2.11. The van der Waals surface area contributed by atoms with E-state index in [0.717, 1.165) is 12.1 Å². The van der Waals surface area contributed by atoms with Gasteiger partial charge in [-0.2, -0.15) is 0 Å². The zero-order valence-electron chi connectivity index (χ0n) is 13.8. The van der Waals surface area contributed by atoms with Crippen molar-refractivity contribution in [1.82, 2.24) is 4.98 Å². The number of nitrogens with zero attached hydrogens (tertiary/aromatic N) is 1. The molecule has 1 heterocycles. The first kappa shape index (κ1) is 17.3. The van der Waals surface area contributed by atoms with Gasteiger partial charge in [-0.25, -0.2) is 13.8 Å². The van der Waals surface area contributed by atoms with Gasteiger partial charge in [0.2, 0.25) is 0 Å². The maximum atomic E-state index is 13.7. The minimum absolute atomic E-state index is 0.140. The molecule has 2 N–H and O–H groups in total. The number of carbonyl (C=O) groups is 1. The number of aromatic nitrogens is 1. The summed E-state index contributed by atoms with van der Waals surface area (Å²) in [6.07, 6.45) is 1.37. The van der Waals surface area contributed by atoms with Crippen LogP contribution in [0.4, 0.5) is 26.0 Å². The topological polar surface area (TPSA) is 63.2 Å². The minimum atomic E-state index is -0.754. The van der Waals surface area contributed by atoms with Crippen molar-refractivity contribution in [2.24, 2.45) is 0 Å². The fourth-order valence-electron chi connectivity index (χ4n) is 2.33. The molecule has 0 unspecified atom stereocenters. The first-order valence-corrected chi connectivity index (χ1v) is 7.70. The lowest BCUT2D eigenvalue weighted by molar-refractivity contribution is 0.102. The third-order valence-electron chi connectivity index (χ3n) is 3.59. The summed E-state index contributed by atoms with van der Waals surface area (Å²) in [5.74, 6) is -1.26. The number of para-hydroxylation sites is 3. The van der Waals surface area contributed by atoms with Gasteiger partial charge in [0.1, 0.15) is 28.9 Å². The third kappa shape index (κ3) is 3.77. The van der Waals surface area contributed by atoms with E-state index in [2.05, 4.69) is 15.6 Å². The fourth-order valence-corrected chi connectivity index (χ4v) is 2.33. The molecule has 0 aliphatic carbocycles. The van der Waals surface area contributed by atoms with Gasteiger partial charge in [-0.3, -0.25) is 4.79 Å². The van der Waals surface area contributed by atoms with Gasteiger partial charge >= 0.3 is 0 Å². The molecular weight excluding hydrogens is 340 g/mol. The van der Waals surface area contributed by atoms with Crippen molar-refractivity contribution in [3.8, 4) is 5.75 Å². The van der Waals surface area contributed by atoms with Crippen molar-refractivity contribution in [3.63, 3.8) is 0 Å². The van der Waals surface area contributed by atoms with E-state index in [1.165, 1.54) is 31.5 Å². The highest BCUT2D eigenvalue weighted by Crippen LogP contribution is 2.25. The fraction of sp³-hybridized carbons (Fsp3) is 0.0526. The number of hydrogen-bond donors (Lipinski definition) is 2. The van der Waals surface area contributed by atoms with Crippen LogP contribution in [0.3, 0.4) is 0 Å². The number of nitrogens with one attached hydrogen (secondary N) is 2. The van der Waals surface area contributed by atoms with Gasteiger partial charge in [-0.1, -0.05) is 18.2 Å². The first-order valence-electron chi connectivity index (χ1n) is 7.70. The van der Waals surface area contributed by atoms with Crippen LogP contribution in [0.2, 0.25) is 0 Å². The summed E-state index contributed by atoms with van der Waals surface area (Å²) in [5.41, 5.74) is 0.443. The predicted molar refractivity (Wildman–Crippen MR) is 94.8 cm³/mol. The molecule has 2 aromatic carbocycles. The van der Waals surface area contributed by atoms with Gasteiger partial charge in [-0.05, 0) is 36.4 Å². The van der Waals surface area contributed by atoms with Gasteiger partial charge in [0, 0.05) is 11.8 Å². The first-order chi connectivity index (χ1) is 12.6. The molecule has 1 aromatic heterocycles. The highest BCUT2D eigenvalue weighted by Gasteiger charge is 2.13. The maximum absolute atomic E-state index is 13.7. The highest BCUT2D eigenvalue weighted by molar-refractivity contribution is 6.05. The molecular formula is C19H15F2N3O2. The number of halogens is 2. The highest BCUT2D eigenvalue weighted by atomic mass is 19.1. The average Bonchev–Trinajstić information content (AvgIpc) is 2.65. The second-order valence-electron chi connectivity index (χ2n) is 5.31. The second-order valence-corrected chi connectivity index (χ2v) is 5.31. The van der Waals surface area contributed by atoms with Gasteiger partial charge in [0.05, 0.1) is 12.8 Å². The summed E-state index contributed by atoms with van der Waals surface area (Å²) >= 11 is 0. The minimum Gasteiger partial charge on any atom is -0.495 e. The number of ether oxygens (including phenoxy) is 1. The quantitative estimate of drug-likeness (QED) is 0.714. The number of hydrogen-bond acceptors (Lipinski definition) is 4.